The highest BCUT2D eigenvalue weighted by molar-refractivity contribution is 7.89. The molecule has 3 aliphatic rings. The van der Waals surface area contributed by atoms with E-state index >= 15 is 0 Å². The van der Waals surface area contributed by atoms with Gasteiger partial charge in [0.25, 0.3) is 10.0 Å². The van der Waals surface area contributed by atoms with Crippen LogP contribution >= 0.6 is 0 Å². The summed E-state index contributed by atoms with van der Waals surface area (Å²) in [7, 11) is -3.85. The molecule has 1 amide bonds. The zero-order valence-electron chi connectivity index (χ0n) is 18.7. The molecule has 0 bridgehead atoms. The first-order chi connectivity index (χ1) is 15.4. The second-order valence-electron chi connectivity index (χ2n) is 8.82. The number of ether oxygens (including phenoxy) is 1. The van der Waals surface area contributed by atoms with Gasteiger partial charge in [-0.15, -0.1) is 0 Å². The van der Waals surface area contributed by atoms with Crippen molar-refractivity contribution in [3.8, 4) is 0 Å². The minimum atomic E-state index is -3.85. The Morgan fingerprint density at radius 1 is 1.00 bits per heavy atom. The van der Waals surface area contributed by atoms with Crippen LogP contribution in [0.25, 0.3) is 0 Å². The number of nitrogens with zero attached hydrogens (tertiary/aromatic N) is 3. The standard InChI is InChI=1S/C22H33N3O6S/c1-2-30-22(27)19-7-8-20(31-19)32(28,29)25-11-9-17(10-12-25)21(26)24-15-13-23(14-16-24)18-5-3-4-6-18/h7-8,17-18H,2-6,9-16H2,1H3. The Labute approximate surface area is 189 Å². The van der Waals surface area contributed by atoms with Gasteiger partial charge in [-0.2, -0.15) is 4.31 Å². The Hall–Kier alpha value is -1.91. The molecule has 0 N–H and O–H groups in total. The fourth-order valence-electron chi connectivity index (χ4n) is 5.08. The number of carbonyl (C=O) groups excluding carboxylic acids is 2. The van der Waals surface area contributed by atoms with E-state index in [4.69, 9.17) is 9.15 Å². The lowest BCUT2D eigenvalue weighted by molar-refractivity contribution is -0.138. The number of piperazine rings is 1. The van der Waals surface area contributed by atoms with Gasteiger partial charge in [0.2, 0.25) is 16.8 Å². The molecule has 32 heavy (non-hydrogen) atoms. The third-order valence-electron chi connectivity index (χ3n) is 6.92. The molecule has 0 atom stereocenters. The SMILES string of the molecule is CCOC(=O)c1ccc(S(=O)(=O)N2CCC(C(=O)N3CCN(C4CCCC4)CC3)CC2)o1. The van der Waals surface area contributed by atoms with Crippen molar-refractivity contribution in [2.24, 2.45) is 5.92 Å². The van der Waals surface area contributed by atoms with Crippen LogP contribution in [0.15, 0.2) is 21.6 Å². The van der Waals surface area contributed by atoms with E-state index in [1.165, 1.54) is 42.1 Å². The van der Waals surface area contributed by atoms with Crippen molar-refractivity contribution in [2.75, 3.05) is 45.9 Å². The van der Waals surface area contributed by atoms with E-state index in [2.05, 4.69) is 4.90 Å². The van der Waals surface area contributed by atoms with Crippen LogP contribution in [0.5, 0.6) is 0 Å². The molecule has 1 aromatic heterocycles. The van der Waals surface area contributed by atoms with Gasteiger partial charge in [-0.05, 0) is 44.7 Å². The van der Waals surface area contributed by atoms with Crippen LogP contribution in [0, 0.1) is 5.92 Å². The number of piperidine rings is 1. The zero-order chi connectivity index (χ0) is 22.7. The van der Waals surface area contributed by atoms with E-state index in [1.807, 2.05) is 4.90 Å². The van der Waals surface area contributed by atoms with E-state index in [9.17, 15) is 18.0 Å². The average molecular weight is 468 g/mol. The van der Waals surface area contributed by atoms with Crippen LogP contribution in [0.3, 0.4) is 0 Å². The van der Waals surface area contributed by atoms with Crippen molar-refractivity contribution in [1.82, 2.24) is 14.1 Å². The molecule has 1 aromatic rings. The zero-order valence-corrected chi connectivity index (χ0v) is 19.5. The summed E-state index contributed by atoms with van der Waals surface area (Å²) in [5.41, 5.74) is 0. The van der Waals surface area contributed by atoms with E-state index < -0.39 is 16.0 Å². The number of rotatable bonds is 6. The fraction of sp³-hybridized carbons (Fsp3) is 0.727. The van der Waals surface area contributed by atoms with Crippen molar-refractivity contribution < 1.29 is 27.2 Å². The predicted octanol–water partition coefficient (Wildman–Crippen LogP) is 1.94. The summed E-state index contributed by atoms with van der Waals surface area (Å²) in [4.78, 5) is 29.3. The maximum Gasteiger partial charge on any atom is 0.374 e. The Morgan fingerprint density at radius 3 is 2.28 bits per heavy atom. The van der Waals surface area contributed by atoms with Gasteiger partial charge in [-0.3, -0.25) is 9.69 Å². The number of amides is 1. The summed E-state index contributed by atoms with van der Waals surface area (Å²) >= 11 is 0. The summed E-state index contributed by atoms with van der Waals surface area (Å²) in [6.45, 7) is 5.76. The molecule has 3 fully saturated rings. The molecule has 178 valence electrons. The smallest absolute Gasteiger partial charge is 0.374 e. The number of sulfonamides is 1. The van der Waals surface area contributed by atoms with Crippen LogP contribution in [-0.4, -0.2) is 86.3 Å². The molecule has 1 aliphatic carbocycles. The van der Waals surface area contributed by atoms with Gasteiger partial charge in [-0.1, -0.05) is 12.8 Å². The topological polar surface area (TPSA) is 100 Å². The van der Waals surface area contributed by atoms with Gasteiger partial charge >= 0.3 is 5.97 Å². The lowest BCUT2D eigenvalue weighted by Gasteiger charge is -2.40. The number of carbonyl (C=O) groups is 2. The Balaban J connectivity index is 1.29. The minimum absolute atomic E-state index is 0.132. The number of hydrogen-bond acceptors (Lipinski definition) is 7. The quantitative estimate of drug-likeness (QED) is 0.590. The first kappa shape index (κ1) is 23.3. The van der Waals surface area contributed by atoms with E-state index in [-0.39, 0.29) is 42.4 Å². The van der Waals surface area contributed by atoms with E-state index in [0.29, 0.717) is 18.9 Å². The first-order valence-corrected chi connectivity index (χ1v) is 13.1. The molecule has 3 heterocycles. The Bertz CT molecular complexity index is 908. The highest BCUT2D eigenvalue weighted by Gasteiger charge is 2.37. The third kappa shape index (κ3) is 4.87. The molecule has 2 saturated heterocycles. The molecule has 0 spiro atoms. The molecular weight excluding hydrogens is 434 g/mol. The third-order valence-corrected chi connectivity index (χ3v) is 8.70. The first-order valence-electron chi connectivity index (χ1n) is 11.7. The van der Waals surface area contributed by atoms with Gasteiger partial charge in [0.05, 0.1) is 6.61 Å². The summed E-state index contributed by atoms with van der Waals surface area (Å²) < 4.78 is 37.2. The largest absolute Gasteiger partial charge is 0.460 e. The summed E-state index contributed by atoms with van der Waals surface area (Å²) in [5, 5.41) is -0.270. The van der Waals surface area contributed by atoms with Crippen LogP contribution in [0.1, 0.15) is 56.0 Å². The van der Waals surface area contributed by atoms with Crippen molar-refractivity contribution >= 4 is 21.9 Å². The van der Waals surface area contributed by atoms with Crippen molar-refractivity contribution in [3.63, 3.8) is 0 Å². The summed E-state index contributed by atoms with van der Waals surface area (Å²) in [6, 6.07) is 3.28. The van der Waals surface area contributed by atoms with Crippen molar-refractivity contribution in [2.45, 2.75) is 56.6 Å². The lowest BCUT2D eigenvalue weighted by atomic mass is 9.96. The summed E-state index contributed by atoms with van der Waals surface area (Å²) in [6.07, 6.45) is 6.16. The molecule has 9 nitrogen and oxygen atoms in total. The second-order valence-corrected chi connectivity index (χ2v) is 10.7. The van der Waals surface area contributed by atoms with Gasteiger partial charge < -0.3 is 14.1 Å². The van der Waals surface area contributed by atoms with Gasteiger partial charge in [0.15, 0.2) is 0 Å². The monoisotopic (exact) mass is 467 g/mol. The maximum atomic E-state index is 13.0. The van der Waals surface area contributed by atoms with Crippen LogP contribution in [0.4, 0.5) is 0 Å². The van der Waals surface area contributed by atoms with Gasteiger partial charge in [-0.25, -0.2) is 13.2 Å². The maximum absolute atomic E-state index is 13.0. The van der Waals surface area contributed by atoms with E-state index in [1.54, 1.807) is 6.92 Å². The molecule has 0 unspecified atom stereocenters. The molecule has 4 rings (SSSR count). The molecule has 0 aromatic carbocycles. The second kappa shape index (κ2) is 9.93. The molecule has 2 aliphatic heterocycles. The minimum Gasteiger partial charge on any atom is -0.460 e. The average Bonchev–Trinajstić information content (AvgIpc) is 3.52. The molecule has 0 radical (unpaired) electrons. The molecule has 1 saturated carbocycles. The van der Waals surface area contributed by atoms with Crippen molar-refractivity contribution in [1.29, 1.82) is 0 Å². The van der Waals surface area contributed by atoms with Gasteiger partial charge in [0.1, 0.15) is 0 Å². The van der Waals surface area contributed by atoms with Crippen LogP contribution in [0.2, 0.25) is 0 Å². The number of furan rings is 1. The molecular formula is C22H33N3O6S. The lowest BCUT2D eigenvalue weighted by Crippen LogP contribution is -2.53. The highest BCUT2D eigenvalue weighted by Crippen LogP contribution is 2.28. The number of hydrogen-bond donors (Lipinski definition) is 0. The molecule has 10 heteroatoms. The summed E-state index contributed by atoms with van der Waals surface area (Å²) in [5.74, 6) is -0.819. The van der Waals surface area contributed by atoms with Crippen molar-refractivity contribution in [3.05, 3.63) is 17.9 Å². The van der Waals surface area contributed by atoms with Crippen LogP contribution in [-0.2, 0) is 19.6 Å². The Kier molecular flexibility index (Phi) is 7.21. The highest BCUT2D eigenvalue weighted by atomic mass is 32.2. The van der Waals surface area contributed by atoms with Gasteiger partial charge in [0, 0.05) is 51.2 Å². The Morgan fingerprint density at radius 2 is 1.66 bits per heavy atom. The number of esters is 1. The van der Waals surface area contributed by atoms with Crippen LogP contribution < -0.4 is 0 Å². The fourth-order valence-corrected chi connectivity index (χ4v) is 6.46. The normalized spacial score (nSPS) is 22.3. The van der Waals surface area contributed by atoms with E-state index in [0.717, 1.165) is 26.2 Å². The predicted molar refractivity (Wildman–Crippen MR) is 117 cm³/mol.